The van der Waals surface area contributed by atoms with Crippen molar-refractivity contribution in [2.75, 3.05) is 12.0 Å². The van der Waals surface area contributed by atoms with Crippen molar-refractivity contribution in [1.29, 1.82) is 0 Å². The van der Waals surface area contributed by atoms with E-state index in [2.05, 4.69) is 19.6 Å². The largest absolute Gasteiger partial charge is 0.386 e. The number of rotatable bonds is 3. The molecule has 0 saturated carbocycles. The molecule has 1 atom stereocenters. The number of hydrogen-bond acceptors (Lipinski definition) is 1. The van der Waals surface area contributed by atoms with Crippen LogP contribution in [0.2, 0.25) is 0 Å². The van der Waals surface area contributed by atoms with Crippen molar-refractivity contribution in [3.63, 3.8) is 0 Å². The number of thiol groups is 1. The fourth-order valence-electron chi connectivity index (χ4n) is 0.448. The van der Waals surface area contributed by atoms with Crippen molar-refractivity contribution in [2.24, 2.45) is 0 Å². The van der Waals surface area contributed by atoms with Crippen molar-refractivity contribution in [3.8, 4) is 0 Å². The van der Waals surface area contributed by atoms with E-state index < -0.39 is 0 Å². The molecule has 0 radical (unpaired) electrons. The van der Waals surface area contributed by atoms with Crippen LogP contribution in [-0.4, -0.2) is 16.5 Å². The van der Waals surface area contributed by atoms with Crippen LogP contribution in [0, 0.1) is 0 Å². The number of carbonyl (C=O) groups is 1. The molecule has 0 saturated heterocycles. The molecule has 0 fully saturated rings. The van der Waals surface area contributed by atoms with E-state index in [1.807, 2.05) is 6.26 Å². The molecule has 0 aliphatic carbocycles. The first kappa shape index (κ1) is 9.37. The van der Waals surface area contributed by atoms with Crippen molar-refractivity contribution < 1.29 is 4.79 Å². The molecular formula is C6H13OS2+. The Morgan fingerprint density at radius 2 is 2.22 bits per heavy atom. The molecule has 3 heteroatoms. The summed E-state index contributed by atoms with van der Waals surface area (Å²) in [5.74, 6) is 1.01. The van der Waals surface area contributed by atoms with Crippen molar-refractivity contribution in [2.45, 2.75) is 19.8 Å². The highest BCUT2D eigenvalue weighted by Gasteiger charge is 2.16. The highest BCUT2D eigenvalue weighted by Crippen LogP contribution is 2.02. The zero-order valence-electron chi connectivity index (χ0n) is 5.89. The molecular weight excluding hydrogens is 152 g/mol. The molecule has 0 heterocycles. The van der Waals surface area contributed by atoms with Gasteiger partial charge < -0.3 is 0 Å². The molecule has 0 N–H and O–H groups in total. The Balaban J connectivity index is 3.27. The van der Waals surface area contributed by atoms with E-state index in [1.165, 1.54) is 6.42 Å². The molecule has 0 bridgehead atoms. The third-order valence-electron chi connectivity index (χ3n) is 1.10. The van der Waals surface area contributed by atoms with Crippen LogP contribution in [0.5, 0.6) is 0 Å². The lowest BCUT2D eigenvalue weighted by Crippen LogP contribution is -2.09. The van der Waals surface area contributed by atoms with Gasteiger partial charge in [0.05, 0.1) is 10.9 Å². The predicted octanol–water partition coefficient (Wildman–Crippen LogP) is 2.08. The lowest BCUT2D eigenvalue weighted by Gasteiger charge is -1.93. The highest BCUT2D eigenvalue weighted by molar-refractivity contribution is 8.29. The van der Waals surface area contributed by atoms with E-state index in [4.69, 9.17) is 0 Å². The van der Waals surface area contributed by atoms with Gasteiger partial charge in [-0.25, -0.2) is 4.79 Å². The second-order valence-corrected chi connectivity index (χ2v) is 4.72. The van der Waals surface area contributed by atoms with Gasteiger partial charge in [-0.2, -0.15) is 0 Å². The molecule has 0 amide bonds. The second-order valence-electron chi connectivity index (χ2n) is 1.96. The Bertz CT molecular complexity index is 93.1. The fraction of sp³-hybridized carbons (Fsp3) is 0.833. The summed E-state index contributed by atoms with van der Waals surface area (Å²) in [4.78, 5) is 10.5. The Hall–Kier alpha value is 0.370. The van der Waals surface area contributed by atoms with Crippen LogP contribution in [0.15, 0.2) is 0 Å². The molecule has 54 valence electrons. The molecule has 0 spiro atoms. The van der Waals surface area contributed by atoms with Gasteiger partial charge in [0.2, 0.25) is 0 Å². The SMILES string of the molecule is CCCC[S+](C)C(=O)S. The van der Waals surface area contributed by atoms with Crippen molar-refractivity contribution in [3.05, 3.63) is 0 Å². The van der Waals surface area contributed by atoms with Gasteiger partial charge in [-0.3, -0.25) is 0 Å². The number of hydrogen-bond donors (Lipinski definition) is 1. The van der Waals surface area contributed by atoms with E-state index in [9.17, 15) is 4.79 Å². The number of carbonyl (C=O) groups excluding carboxylic acids is 1. The molecule has 0 aromatic rings. The Labute approximate surface area is 65.0 Å². The normalized spacial score (nSPS) is 13.2. The van der Waals surface area contributed by atoms with Crippen LogP contribution in [-0.2, 0) is 10.9 Å². The quantitative estimate of drug-likeness (QED) is 0.500. The third kappa shape index (κ3) is 4.85. The maximum absolute atomic E-state index is 10.5. The average molecular weight is 165 g/mol. The van der Waals surface area contributed by atoms with Gasteiger partial charge in [-0.1, -0.05) is 13.3 Å². The molecule has 1 nitrogen and oxygen atoms in total. The molecule has 9 heavy (non-hydrogen) atoms. The van der Waals surface area contributed by atoms with Crippen LogP contribution in [0.4, 0.5) is 4.79 Å². The molecule has 0 aromatic heterocycles. The molecule has 0 aliphatic rings. The Kier molecular flexibility index (Phi) is 5.39. The smallest absolute Gasteiger partial charge is 0.225 e. The van der Waals surface area contributed by atoms with Crippen LogP contribution in [0.25, 0.3) is 0 Å². The van der Waals surface area contributed by atoms with Crippen LogP contribution >= 0.6 is 12.6 Å². The minimum Gasteiger partial charge on any atom is -0.225 e. The molecule has 0 rings (SSSR count). The minimum atomic E-state index is -0.0963. The maximum Gasteiger partial charge on any atom is 0.386 e. The standard InChI is InChI=1S/C6H12OS2/c1-3-4-5-9(2)6(7)8/h3-5H2,1-2H3/p+1. The van der Waals surface area contributed by atoms with Crippen LogP contribution in [0.3, 0.4) is 0 Å². The molecule has 0 aliphatic heterocycles. The average Bonchev–Trinajstić information content (AvgIpc) is 1.82. The first-order valence-corrected chi connectivity index (χ1v) is 5.29. The topological polar surface area (TPSA) is 17.1 Å². The molecule has 1 unspecified atom stereocenters. The predicted molar refractivity (Wildman–Crippen MR) is 47.4 cm³/mol. The Morgan fingerprint density at radius 1 is 1.67 bits per heavy atom. The van der Waals surface area contributed by atoms with Crippen molar-refractivity contribution in [1.82, 2.24) is 0 Å². The lowest BCUT2D eigenvalue weighted by atomic mass is 10.4. The summed E-state index contributed by atoms with van der Waals surface area (Å²) in [6, 6.07) is 0. The van der Waals surface area contributed by atoms with Crippen LogP contribution in [0.1, 0.15) is 19.8 Å². The van der Waals surface area contributed by atoms with Gasteiger partial charge in [0, 0.05) is 0 Å². The number of unbranched alkanes of at least 4 members (excludes halogenated alkanes) is 1. The lowest BCUT2D eigenvalue weighted by molar-refractivity contribution is 0.276. The van der Waals surface area contributed by atoms with Gasteiger partial charge in [-0.05, 0) is 19.0 Å². The van der Waals surface area contributed by atoms with Gasteiger partial charge in [-0.15, -0.1) is 0 Å². The summed E-state index contributed by atoms with van der Waals surface area (Å²) in [5.41, 5.74) is 0. The summed E-state index contributed by atoms with van der Waals surface area (Å²) >= 11 is 3.74. The fourth-order valence-corrected chi connectivity index (χ4v) is 1.62. The second kappa shape index (κ2) is 5.18. The third-order valence-corrected chi connectivity index (χ3v) is 3.53. The monoisotopic (exact) mass is 165 g/mol. The summed E-state index contributed by atoms with van der Waals surface area (Å²) in [6.45, 7) is 2.13. The van der Waals surface area contributed by atoms with E-state index in [1.54, 1.807) is 0 Å². The highest BCUT2D eigenvalue weighted by atomic mass is 32.2. The first-order chi connectivity index (χ1) is 4.18. The summed E-state index contributed by atoms with van der Waals surface area (Å²) < 4.78 is 0.0449. The van der Waals surface area contributed by atoms with E-state index in [-0.39, 0.29) is 15.3 Å². The first-order valence-electron chi connectivity index (χ1n) is 3.04. The van der Waals surface area contributed by atoms with Crippen molar-refractivity contribution >= 4 is 28.0 Å². The molecule has 0 aromatic carbocycles. The minimum absolute atomic E-state index is 0.0449. The van der Waals surface area contributed by atoms with E-state index in [0.29, 0.717) is 0 Å². The Morgan fingerprint density at radius 3 is 2.56 bits per heavy atom. The van der Waals surface area contributed by atoms with Crippen LogP contribution < -0.4 is 0 Å². The van der Waals surface area contributed by atoms with Gasteiger partial charge in [0.1, 0.15) is 12.0 Å². The summed E-state index contributed by atoms with van der Waals surface area (Å²) in [7, 11) is -0.0963. The zero-order chi connectivity index (χ0) is 7.28. The van der Waals surface area contributed by atoms with E-state index >= 15 is 0 Å². The van der Waals surface area contributed by atoms with E-state index in [0.717, 1.165) is 12.2 Å². The zero-order valence-corrected chi connectivity index (χ0v) is 7.60. The van der Waals surface area contributed by atoms with Gasteiger partial charge in [0.25, 0.3) is 0 Å². The van der Waals surface area contributed by atoms with Gasteiger partial charge in [0.15, 0.2) is 0 Å². The summed E-state index contributed by atoms with van der Waals surface area (Å²) in [5, 5.41) is 0. The van der Waals surface area contributed by atoms with Gasteiger partial charge >= 0.3 is 4.45 Å². The summed E-state index contributed by atoms with van der Waals surface area (Å²) in [6.07, 6.45) is 4.26. The maximum atomic E-state index is 10.5.